The molecule has 0 fully saturated rings. The van der Waals surface area contributed by atoms with Crippen LogP contribution in [0.2, 0.25) is 5.02 Å². The number of hydrogen-bond donors (Lipinski definition) is 2. The lowest BCUT2D eigenvalue weighted by Crippen LogP contribution is -2.25. The van der Waals surface area contributed by atoms with E-state index in [0.29, 0.717) is 29.5 Å². The number of aryl methyl sites for hydroxylation is 2. The average molecular weight is 387 g/mol. The number of nitrogens with zero attached hydrogens (tertiary/aromatic N) is 2. The number of fused-ring (bicyclic) bond motifs is 1. The Labute approximate surface area is 163 Å². The SMILES string of the molecule is C=CCNC(=O)c1nc(C(=O)Nc2c(C)cc(C)cc2Cl)n2c1CCCC2. The summed E-state index contributed by atoms with van der Waals surface area (Å²) in [5.41, 5.74) is 3.59. The van der Waals surface area contributed by atoms with Crippen molar-refractivity contribution in [2.45, 2.75) is 39.7 Å². The number of amides is 2. The maximum Gasteiger partial charge on any atom is 0.291 e. The summed E-state index contributed by atoms with van der Waals surface area (Å²) in [5, 5.41) is 6.09. The minimum atomic E-state index is -0.366. The van der Waals surface area contributed by atoms with Gasteiger partial charge < -0.3 is 15.2 Å². The average Bonchev–Trinajstić information content (AvgIpc) is 3.02. The van der Waals surface area contributed by atoms with Crippen molar-refractivity contribution in [3.05, 3.63) is 58.1 Å². The Morgan fingerprint density at radius 1 is 1.30 bits per heavy atom. The van der Waals surface area contributed by atoms with Crippen molar-refractivity contribution in [1.29, 1.82) is 0 Å². The lowest BCUT2D eigenvalue weighted by atomic mass is 10.1. The summed E-state index contributed by atoms with van der Waals surface area (Å²) in [6, 6.07) is 3.76. The van der Waals surface area contributed by atoms with Gasteiger partial charge in [0.15, 0.2) is 5.82 Å². The van der Waals surface area contributed by atoms with Gasteiger partial charge in [-0.05, 0) is 50.3 Å². The first-order valence-corrected chi connectivity index (χ1v) is 9.36. The normalized spacial score (nSPS) is 13.0. The van der Waals surface area contributed by atoms with E-state index < -0.39 is 0 Å². The molecule has 1 aromatic carbocycles. The zero-order chi connectivity index (χ0) is 19.6. The molecule has 0 saturated heterocycles. The van der Waals surface area contributed by atoms with Crippen LogP contribution in [0.5, 0.6) is 0 Å². The molecule has 0 spiro atoms. The Bertz CT molecular complexity index is 894. The second-order valence-electron chi connectivity index (χ2n) is 6.73. The second kappa shape index (κ2) is 7.96. The summed E-state index contributed by atoms with van der Waals surface area (Å²) < 4.78 is 1.85. The summed E-state index contributed by atoms with van der Waals surface area (Å²) in [6.07, 6.45) is 4.25. The largest absolute Gasteiger partial charge is 0.347 e. The number of rotatable bonds is 5. The van der Waals surface area contributed by atoms with E-state index in [1.807, 2.05) is 24.5 Å². The van der Waals surface area contributed by atoms with Gasteiger partial charge >= 0.3 is 0 Å². The van der Waals surface area contributed by atoms with E-state index in [0.717, 1.165) is 36.1 Å². The second-order valence-corrected chi connectivity index (χ2v) is 7.14. The fourth-order valence-corrected chi connectivity index (χ4v) is 3.76. The fraction of sp³-hybridized carbons (Fsp3) is 0.350. The smallest absolute Gasteiger partial charge is 0.291 e. The first-order valence-electron chi connectivity index (χ1n) is 8.99. The van der Waals surface area contributed by atoms with Gasteiger partial charge in [0.25, 0.3) is 11.8 Å². The van der Waals surface area contributed by atoms with Crippen LogP contribution in [-0.4, -0.2) is 27.9 Å². The molecule has 0 unspecified atom stereocenters. The highest BCUT2D eigenvalue weighted by molar-refractivity contribution is 6.34. The van der Waals surface area contributed by atoms with Crippen molar-refractivity contribution in [3.63, 3.8) is 0 Å². The van der Waals surface area contributed by atoms with Crippen LogP contribution in [0.25, 0.3) is 0 Å². The van der Waals surface area contributed by atoms with Crippen molar-refractivity contribution < 1.29 is 9.59 Å². The zero-order valence-corrected chi connectivity index (χ0v) is 16.3. The topological polar surface area (TPSA) is 76.0 Å². The maximum atomic E-state index is 12.9. The summed E-state index contributed by atoms with van der Waals surface area (Å²) in [4.78, 5) is 29.7. The number of carbonyl (C=O) groups excluding carboxylic acids is 2. The molecule has 0 bridgehead atoms. The fourth-order valence-electron chi connectivity index (χ4n) is 3.39. The standard InChI is InChI=1S/C20H23ClN4O2/c1-4-8-22-19(26)17-15-7-5-6-9-25(15)18(23-17)20(27)24-16-13(3)10-12(2)11-14(16)21/h4,10-11H,1,5-9H2,2-3H3,(H,22,26)(H,24,27). The van der Waals surface area contributed by atoms with Crippen LogP contribution in [-0.2, 0) is 13.0 Å². The molecule has 1 aromatic heterocycles. The molecule has 2 aromatic rings. The number of hydrogen-bond acceptors (Lipinski definition) is 3. The van der Waals surface area contributed by atoms with Crippen LogP contribution in [0.15, 0.2) is 24.8 Å². The number of aromatic nitrogens is 2. The van der Waals surface area contributed by atoms with Crippen LogP contribution in [0.4, 0.5) is 5.69 Å². The van der Waals surface area contributed by atoms with Crippen molar-refractivity contribution in [3.8, 4) is 0 Å². The highest BCUT2D eigenvalue weighted by atomic mass is 35.5. The van der Waals surface area contributed by atoms with E-state index in [9.17, 15) is 9.59 Å². The number of anilines is 1. The Kier molecular flexibility index (Phi) is 5.65. The predicted octanol–water partition coefficient (Wildman–Crippen LogP) is 3.66. The molecule has 142 valence electrons. The number of carbonyl (C=O) groups is 2. The highest BCUT2D eigenvalue weighted by Crippen LogP contribution is 2.28. The minimum Gasteiger partial charge on any atom is -0.347 e. The molecule has 0 saturated carbocycles. The molecule has 2 heterocycles. The summed E-state index contributed by atoms with van der Waals surface area (Å²) >= 11 is 6.31. The van der Waals surface area contributed by atoms with E-state index in [2.05, 4.69) is 22.2 Å². The monoisotopic (exact) mass is 386 g/mol. The van der Waals surface area contributed by atoms with E-state index in [-0.39, 0.29) is 17.6 Å². The molecule has 0 radical (unpaired) electrons. The third-order valence-electron chi connectivity index (χ3n) is 4.61. The predicted molar refractivity (Wildman–Crippen MR) is 107 cm³/mol. The van der Waals surface area contributed by atoms with Gasteiger partial charge in [-0.15, -0.1) is 6.58 Å². The number of benzene rings is 1. The Morgan fingerprint density at radius 3 is 2.78 bits per heavy atom. The Morgan fingerprint density at radius 2 is 2.07 bits per heavy atom. The third kappa shape index (κ3) is 3.90. The summed E-state index contributed by atoms with van der Waals surface area (Å²) in [5.74, 6) is -0.414. The van der Waals surface area contributed by atoms with Crippen LogP contribution in [0.3, 0.4) is 0 Å². The van der Waals surface area contributed by atoms with Gasteiger partial charge in [0.1, 0.15) is 5.69 Å². The van der Waals surface area contributed by atoms with Gasteiger partial charge in [0.05, 0.1) is 16.4 Å². The van der Waals surface area contributed by atoms with Gasteiger partial charge in [0, 0.05) is 13.1 Å². The molecule has 27 heavy (non-hydrogen) atoms. The van der Waals surface area contributed by atoms with Gasteiger partial charge in [-0.3, -0.25) is 9.59 Å². The van der Waals surface area contributed by atoms with E-state index in [4.69, 9.17) is 11.6 Å². The molecule has 1 aliphatic rings. The number of imidazole rings is 1. The summed E-state index contributed by atoms with van der Waals surface area (Å²) in [6.45, 7) is 8.46. The molecule has 0 atom stereocenters. The van der Waals surface area contributed by atoms with E-state index in [1.165, 1.54) is 0 Å². The maximum absolute atomic E-state index is 12.9. The molecule has 3 rings (SSSR count). The molecule has 2 amide bonds. The zero-order valence-electron chi connectivity index (χ0n) is 15.6. The first kappa shape index (κ1) is 19.2. The molecule has 1 aliphatic heterocycles. The first-order chi connectivity index (χ1) is 12.9. The molecule has 6 nitrogen and oxygen atoms in total. The number of nitrogens with one attached hydrogen (secondary N) is 2. The third-order valence-corrected chi connectivity index (χ3v) is 4.91. The van der Waals surface area contributed by atoms with Gasteiger partial charge in [0.2, 0.25) is 0 Å². The molecule has 0 aliphatic carbocycles. The highest BCUT2D eigenvalue weighted by Gasteiger charge is 2.27. The van der Waals surface area contributed by atoms with Crippen molar-refractivity contribution in [1.82, 2.24) is 14.9 Å². The van der Waals surface area contributed by atoms with Crippen LogP contribution in [0, 0.1) is 13.8 Å². The van der Waals surface area contributed by atoms with Gasteiger partial charge in [-0.2, -0.15) is 0 Å². The van der Waals surface area contributed by atoms with Gasteiger partial charge in [-0.25, -0.2) is 4.98 Å². The minimum absolute atomic E-state index is 0.240. The van der Waals surface area contributed by atoms with Crippen LogP contribution >= 0.6 is 11.6 Å². The van der Waals surface area contributed by atoms with E-state index >= 15 is 0 Å². The van der Waals surface area contributed by atoms with Crippen molar-refractivity contribution in [2.24, 2.45) is 0 Å². The van der Waals surface area contributed by atoms with Crippen molar-refractivity contribution in [2.75, 3.05) is 11.9 Å². The van der Waals surface area contributed by atoms with Crippen LogP contribution in [0.1, 0.15) is 50.8 Å². The van der Waals surface area contributed by atoms with Gasteiger partial charge in [-0.1, -0.05) is 23.7 Å². The molecular weight excluding hydrogens is 364 g/mol. The summed E-state index contributed by atoms with van der Waals surface area (Å²) in [7, 11) is 0. The van der Waals surface area contributed by atoms with Crippen molar-refractivity contribution >= 4 is 29.1 Å². The molecule has 2 N–H and O–H groups in total. The molecular formula is C20H23ClN4O2. The lowest BCUT2D eigenvalue weighted by Gasteiger charge is -2.17. The quantitative estimate of drug-likeness (QED) is 0.770. The Balaban J connectivity index is 1.94. The lowest BCUT2D eigenvalue weighted by molar-refractivity contribution is 0.0952. The van der Waals surface area contributed by atoms with E-state index in [1.54, 1.807) is 12.1 Å². The molecule has 7 heteroatoms. The number of halogens is 1. The Hall–Kier alpha value is -2.60. The van der Waals surface area contributed by atoms with Crippen LogP contribution < -0.4 is 10.6 Å².